The number of pyridine rings is 5. The first-order valence-electron chi connectivity index (χ1n) is 42.8. The molecule has 143 heavy (non-hydrogen) atoms. The lowest BCUT2D eigenvalue weighted by Gasteiger charge is -2.36. The van der Waals surface area contributed by atoms with Crippen LogP contribution in [0.1, 0.15) is 110 Å². The van der Waals surface area contributed by atoms with Crippen molar-refractivity contribution in [2.75, 3.05) is 96.6 Å². The summed E-state index contributed by atoms with van der Waals surface area (Å²) in [7, 11) is -3.67. The number of anilines is 5. The van der Waals surface area contributed by atoms with Gasteiger partial charge in [0.2, 0.25) is 10.0 Å². The minimum atomic E-state index is -4.49. The van der Waals surface area contributed by atoms with E-state index < -0.39 is 105 Å². The number of rotatable bonds is 12. The van der Waals surface area contributed by atoms with Gasteiger partial charge in [-0.25, -0.2) is 92.7 Å². The summed E-state index contributed by atoms with van der Waals surface area (Å²) in [5, 5.41) is 53.5. The number of piperidine rings is 5. The molecule has 20 rings (SSSR count). The van der Waals surface area contributed by atoms with Crippen LogP contribution >= 0.6 is 0 Å². The highest BCUT2D eigenvalue weighted by molar-refractivity contribution is 7.89. The molecule has 9 atom stereocenters. The fourth-order valence-corrected chi connectivity index (χ4v) is 17.3. The third-order valence-corrected chi connectivity index (χ3v) is 25.0. The Bertz CT molecular complexity index is 6790. The van der Waals surface area contributed by atoms with Gasteiger partial charge in [-0.05, 0) is 129 Å². The van der Waals surface area contributed by atoms with Crippen molar-refractivity contribution < 1.29 is 104 Å². The van der Waals surface area contributed by atoms with Crippen molar-refractivity contribution in [1.82, 2.24) is 96.8 Å². The molecular weight excluding hydrogens is 1930 g/mol. The Labute approximate surface area is 808 Å². The lowest BCUT2D eigenvalue weighted by atomic mass is 9.95. The second-order valence-corrected chi connectivity index (χ2v) is 35.2. The summed E-state index contributed by atoms with van der Waals surface area (Å²) < 4.78 is 240. The quantitative estimate of drug-likeness (QED) is 0.0559. The fraction of sp³-hybridized carbons (Fsp3) is 0.402. The number of β-amino-alcohol motifs (C(OH)–C–C–N with tert-alkyl or cyclic N) is 3. The SMILES string of the molecule is C.C.C.C.C.C[C@@H]1CCN(c2ccnc(-c3cnc4ccc(C(F)(F)F)cn34)n2)C[C@H]1F.NS(=O)(=O)C1CCCN(c2ccnc(-c3cnc4ccc(C(F)(F)F)cn34)n2)C1.N[C@H]1C[C@H](O)CN(c2ccnc(-c3cnc4ccc(C(F)(F)F)cn34)n2)C1.OCC1CN(c2ccnc(-c3cnc4ccc(C(F)(F)F)cn34)n2)CCC1O.O[C@@H]1C[C@H](O)CN(c2ccnc(-c3cnc4ccc(C(F)(F)F)cn34)n2)C1. The molecule has 0 radical (unpaired) electrons. The number of aromatic nitrogens is 20. The van der Waals surface area contributed by atoms with Crippen LogP contribution in [0.15, 0.2) is 184 Å². The van der Waals surface area contributed by atoms with Gasteiger partial charge >= 0.3 is 30.9 Å². The second kappa shape index (κ2) is 44.5. The first kappa shape index (κ1) is 110. The Hall–Kier alpha value is -13.6. The topological polar surface area (TPSA) is 419 Å². The van der Waals surface area contributed by atoms with E-state index in [1.807, 2.05) is 21.6 Å². The molecule has 9 N–H and O–H groups in total. The van der Waals surface area contributed by atoms with Crippen molar-refractivity contribution in [3.05, 3.63) is 212 Å². The number of alkyl halides is 16. The minimum absolute atomic E-state index is 0. The van der Waals surface area contributed by atoms with Gasteiger partial charge in [-0.2, -0.15) is 65.9 Å². The zero-order valence-corrected chi connectivity index (χ0v) is 73.2. The predicted molar refractivity (Wildman–Crippen MR) is 502 cm³/mol. The summed E-state index contributed by atoms with van der Waals surface area (Å²) in [6.45, 7) is 5.94. The lowest BCUT2D eigenvalue weighted by molar-refractivity contribution is -0.138. The summed E-state index contributed by atoms with van der Waals surface area (Å²) in [6, 6.07) is 19.5. The van der Waals surface area contributed by atoms with Crippen molar-refractivity contribution in [2.45, 2.75) is 155 Å². The number of hydrogen-bond donors (Lipinski definition) is 7. The molecule has 5 saturated heterocycles. The van der Waals surface area contributed by atoms with Crippen LogP contribution in [0.25, 0.3) is 85.8 Å². The van der Waals surface area contributed by atoms with E-state index in [1.165, 1.54) is 114 Å². The van der Waals surface area contributed by atoms with E-state index >= 15 is 0 Å². The Morgan fingerprint density at radius 2 is 0.636 bits per heavy atom. The van der Waals surface area contributed by atoms with Crippen LogP contribution in [0.4, 0.5) is 99.3 Å². The van der Waals surface area contributed by atoms with Gasteiger partial charge in [0.05, 0.1) is 102 Å². The van der Waals surface area contributed by atoms with E-state index in [1.54, 1.807) is 40.1 Å². The number of halogens is 16. The molecule has 0 amide bonds. The predicted octanol–water partition coefficient (Wildman–Crippen LogP) is 14.7. The van der Waals surface area contributed by atoms with Gasteiger partial charge in [0, 0.05) is 139 Å². The van der Waals surface area contributed by atoms with Gasteiger partial charge in [0.15, 0.2) is 29.1 Å². The molecule has 768 valence electrons. The van der Waals surface area contributed by atoms with Crippen molar-refractivity contribution in [3.8, 4) is 57.6 Å². The smallest absolute Gasteiger partial charge is 0.396 e. The number of aliphatic hydroxyl groups excluding tert-OH is 5. The fourth-order valence-electron chi connectivity index (χ4n) is 16.4. The van der Waals surface area contributed by atoms with Gasteiger partial charge in [-0.15, -0.1) is 0 Å². The molecule has 51 heteroatoms. The van der Waals surface area contributed by atoms with E-state index in [9.17, 15) is 104 Å². The zero-order valence-electron chi connectivity index (χ0n) is 72.4. The molecule has 5 aliphatic rings. The Balaban J connectivity index is 0.000000169. The number of aliphatic hydroxyl groups is 5. The van der Waals surface area contributed by atoms with Crippen LogP contribution in [0, 0.1) is 11.8 Å². The standard InChI is InChI=1S/C18H17F4N5.C18H18F3N5O2.C17H17F3N6O2S.C17H17F3N6O.C17H16F3N5O2.5CH4/c1-11-5-7-26(10-13(11)19)16-4-6-23-17(25-16)14-8-24-15-3-2-12(9-27(14)15)18(20,21)22;19-18(20,21)12-1-2-15-23-7-13(26(15)9-12)17-22-5-3-16(24-17)25-6-4-14(28)11(8-25)10-27;18-17(19,20)11-3-4-14-23-8-13(26(14)9-11)16-22-6-5-15(24-16)25-7-1-2-12(10-25)29(21,27)28;18-17(19,20)10-1-2-14-23-6-13(26(14)7-10)16-22-4-3-15(24-16)25-8-11(21)5-12(27)9-25;18-17(19,20)10-1-2-14-22-6-13(25(14)7-10)16-21-4-3-15(23-16)24-8-11(26)5-12(27)9-24;;;;;/h2-4,6,8-9,11,13H,5,7,10H2,1H3;1-3,5,7,9,11,14,27-28H,4,6,8,10H2;3-6,8-9,12H,1-2,7,10H2,(H2,21,27,28);1-4,6-7,11-12,27H,5,8-9,21H2;1-4,6-7,11-12,26-27H,5,8-9H2;5*1H4/t11-,13-;;;11-,12-;11-,12+;;;;;/m1..0....../s1. The molecule has 0 spiro atoms. The summed E-state index contributed by atoms with van der Waals surface area (Å²) in [4.78, 5) is 72.8. The Morgan fingerprint density at radius 3 is 0.923 bits per heavy atom. The molecule has 15 aromatic heterocycles. The highest BCUT2D eigenvalue weighted by atomic mass is 32.2. The van der Waals surface area contributed by atoms with Crippen LogP contribution in [-0.2, 0) is 40.9 Å². The van der Waals surface area contributed by atoms with Crippen LogP contribution < -0.4 is 35.4 Å². The van der Waals surface area contributed by atoms with E-state index in [2.05, 4.69) is 74.8 Å². The minimum Gasteiger partial charge on any atom is -0.396 e. The first-order chi connectivity index (χ1) is 65.4. The molecule has 5 aliphatic heterocycles. The second-order valence-electron chi connectivity index (χ2n) is 33.4. The number of nitrogens with two attached hydrogens (primary N) is 2. The maximum Gasteiger partial charge on any atom is 0.417 e. The highest BCUT2D eigenvalue weighted by Crippen LogP contribution is 2.39. The molecule has 5 fully saturated rings. The first-order valence-corrected chi connectivity index (χ1v) is 44.4. The third-order valence-electron chi connectivity index (χ3n) is 23.6. The summed E-state index contributed by atoms with van der Waals surface area (Å²) in [5.41, 5.74) is 5.40. The van der Waals surface area contributed by atoms with Gasteiger partial charge in [-0.3, -0.25) is 22.0 Å². The number of sulfonamides is 1. The molecule has 0 aromatic carbocycles. The highest BCUT2D eigenvalue weighted by Gasteiger charge is 2.39. The van der Waals surface area contributed by atoms with Gasteiger partial charge < -0.3 is 55.8 Å². The normalized spacial score (nSPS) is 19.7. The van der Waals surface area contributed by atoms with Crippen molar-refractivity contribution in [2.24, 2.45) is 22.7 Å². The average molecular weight is 2040 g/mol. The molecule has 0 aliphatic carbocycles. The number of hydrogen-bond acceptors (Lipinski definition) is 28. The maximum absolute atomic E-state index is 14.0. The average Bonchev–Trinajstić information content (AvgIpc) is 1.53. The van der Waals surface area contributed by atoms with Gasteiger partial charge in [-0.1, -0.05) is 44.1 Å². The monoisotopic (exact) mass is 2040 g/mol. The van der Waals surface area contributed by atoms with Crippen LogP contribution in [-0.4, -0.2) is 245 Å². The molecule has 0 bridgehead atoms. The molecule has 0 saturated carbocycles. The molecule has 20 heterocycles. The summed E-state index contributed by atoms with van der Waals surface area (Å²) in [6.07, 6.45) is -3.15. The maximum atomic E-state index is 14.0. The summed E-state index contributed by atoms with van der Waals surface area (Å²) >= 11 is 0. The van der Waals surface area contributed by atoms with E-state index in [0.29, 0.717) is 177 Å². The lowest BCUT2D eigenvalue weighted by Crippen LogP contribution is -2.49. The van der Waals surface area contributed by atoms with Crippen LogP contribution in [0.2, 0.25) is 0 Å². The third kappa shape index (κ3) is 25.4. The molecule has 34 nitrogen and oxygen atoms in total. The van der Waals surface area contributed by atoms with Crippen molar-refractivity contribution >= 4 is 67.3 Å². The number of fused-ring (bicyclic) bond motifs is 5. The summed E-state index contributed by atoms with van der Waals surface area (Å²) in [5.74, 6) is 3.48. The van der Waals surface area contributed by atoms with Gasteiger partial charge in [0.1, 0.15) is 92.0 Å². The zero-order chi connectivity index (χ0) is 98.2. The Morgan fingerprint density at radius 1 is 0.357 bits per heavy atom. The van der Waals surface area contributed by atoms with E-state index in [-0.39, 0.29) is 104 Å². The largest absolute Gasteiger partial charge is 0.417 e. The number of nitrogens with zero attached hydrogens (tertiary/aromatic N) is 25. The molecule has 3 unspecified atom stereocenters. The van der Waals surface area contributed by atoms with E-state index in [0.717, 1.165) is 61.3 Å². The molecular formula is C92H105F16N27O7S. The van der Waals surface area contributed by atoms with Crippen LogP contribution in [0.3, 0.4) is 0 Å². The molecule has 15 aromatic rings. The number of imidazole rings is 5. The van der Waals surface area contributed by atoms with E-state index in [4.69, 9.17) is 10.9 Å². The van der Waals surface area contributed by atoms with Crippen LogP contribution in [0.5, 0.6) is 0 Å². The number of primary sulfonamides is 1. The van der Waals surface area contributed by atoms with Gasteiger partial charge in [0.25, 0.3) is 0 Å². The van der Waals surface area contributed by atoms with Crippen molar-refractivity contribution in [1.29, 1.82) is 0 Å². The Kier molecular flexibility index (Phi) is 34.2. The van der Waals surface area contributed by atoms with Crippen molar-refractivity contribution in [3.63, 3.8) is 0 Å².